The van der Waals surface area contributed by atoms with Gasteiger partial charge in [0.15, 0.2) is 11.5 Å². The lowest BCUT2D eigenvalue weighted by atomic mass is 10.2. The molecule has 28 heavy (non-hydrogen) atoms. The Morgan fingerprint density at radius 3 is 2.68 bits per heavy atom. The molecular formula is C21H31N3O4. The highest BCUT2D eigenvalue weighted by atomic mass is 16.5. The Balaban J connectivity index is 1.52. The van der Waals surface area contributed by atoms with E-state index < -0.39 is 0 Å². The molecule has 1 fully saturated rings. The van der Waals surface area contributed by atoms with Crippen LogP contribution in [0.25, 0.3) is 0 Å². The Kier molecular flexibility index (Phi) is 7.30. The monoisotopic (exact) mass is 389 g/mol. The molecule has 3 rings (SSSR count). The summed E-state index contributed by atoms with van der Waals surface area (Å²) in [5.41, 5.74) is 2.99. The van der Waals surface area contributed by atoms with Gasteiger partial charge in [0.05, 0.1) is 31.6 Å². The zero-order valence-corrected chi connectivity index (χ0v) is 17.3. The van der Waals surface area contributed by atoms with Gasteiger partial charge in [-0.15, -0.1) is 0 Å². The maximum atomic E-state index is 5.95. The predicted octanol–water partition coefficient (Wildman–Crippen LogP) is 2.69. The number of rotatable bonds is 9. The van der Waals surface area contributed by atoms with E-state index in [0.717, 1.165) is 67.7 Å². The minimum absolute atomic E-state index is 0.409. The molecule has 154 valence electrons. The number of nitrogens with zero attached hydrogens (tertiary/aromatic N) is 2. The quantitative estimate of drug-likeness (QED) is 0.707. The first-order valence-electron chi connectivity index (χ1n) is 9.82. The number of ether oxygens (including phenoxy) is 3. The van der Waals surface area contributed by atoms with Gasteiger partial charge in [-0.1, -0.05) is 11.2 Å². The third-order valence-electron chi connectivity index (χ3n) is 5.22. The zero-order valence-electron chi connectivity index (χ0n) is 17.3. The minimum atomic E-state index is 0.409. The van der Waals surface area contributed by atoms with E-state index in [1.165, 1.54) is 0 Å². The van der Waals surface area contributed by atoms with Crippen molar-refractivity contribution in [3.63, 3.8) is 0 Å². The SMILES string of the molecule is COc1cc(CNCC(C)N2CCOCC2)ccc1OCc1c(C)noc1C. The summed E-state index contributed by atoms with van der Waals surface area (Å²) in [6.45, 7) is 11.9. The van der Waals surface area contributed by atoms with E-state index in [9.17, 15) is 0 Å². The molecule has 0 saturated carbocycles. The van der Waals surface area contributed by atoms with Gasteiger partial charge in [0.1, 0.15) is 12.4 Å². The number of methoxy groups -OCH3 is 1. The maximum absolute atomic E-state index is 5.95. The molecule has 1 aromatic carbocycles. The number of aryl methyl sites for hydroxylation is 2. The number of aromatic nitrogens is 1. The number of hydrogen-bond acceptors (Lipinski definition) is 7. The highest BCUT2D eigenvalue weighted by molar-refractivity contribution is 5.43. The molecule has 1 aliphatic rings. The topological polar surface area (TPSA) is 69.0 Å². The van der Waals surface area contributed by atoms with Crippen LogP contribution in [0.15, 0.2) is 22.7 Å². The zero-order chi connectivity index (χ0) is 19.9. The van der Waals surface area contributed by atoms with Crippen molar-refractivity contribution < 1.29 is 18.7 Å². The molecule has 0 aliphatic carbocycles. The van der Waals surface area contributed by atoms with Crippen molar-refractivity contribution in [1.29, 1.82) is 0 Å². The van der Waals surface area contributed by atoms with Gasteiger partial charge in [0.25, 0.3) is 0 Å². The average molecular weight is 389 g/mol. The van der Waals surface area contributed by atoms with Crippen molar-refractivity contribution >= 4 is 0 Å². The number of morpholine rings is 1. The molecule has 1 aliphatic heterocycles. The Bertz CT molecular complexity index is 737. The van der Waals surface area contributed by atoms with Crippen LogP contribution in [0.4, 0.5) is 0 Å². The summed E-state index contributed by atoms with van der Waals surface area (Å²) in [6, 6.07) is 6.54. The number of hydrogen-bond donors (Lipinski definition) is 1. The summed E-state index contributed by atoms with van der Waals surface area (Å²) in [4.78, 5) is 2.46. The van der Waals surface area contributed by atoms with Crippen LogP contribution in [0.1, 0.15) is 29.5 Å². The molecule has 0 radical (unpaired) electrons. The Morgan fingerprint density at radius 1 is 1.21 bits per heavy atom. The molecule has 1 unspecified atom stereocenters. The minimum Gasteiger partial charge on any atom is -0.493 e. The van der Waals surface area contributed by atoms with E-state index in [2.05, 4.69) is 28.4 Å². The summed E-state index contributed by atoms with van der Waals surface area (Å²) in [5, 5.41) is 7.50. The fraction of sp³-hybridized carbons (Fsp3) is 0.571. The fourth-order valence-corrected chi connectivity index (χ4v) is 3.37. The second-order valence-electron chi connectivity index (χ2n) is 7.20. The van der Waals surface area contributed by atoms with Crippen molar-refractivity contribution in [2.24, 2.45) is 0 Å². The van der Waals surface area contributed by atoms with Crippen LogP contribution < -0.4 is 14.8 Å². The van der Waals surface area contributed by atoms with Gasteiger partial charge in [0.2, 0.25) is 0 Å². The van der Waals surface area contributed by atoms with Crippen LogP contribution in [0.3, 0.4) is 0 Å². The number of nitrogens with one attached hydrogen (secondary N) is 1. The van der Waals surface area contributed by atoms with Crippen molar-refractivity contribution in [2.45, 2.75) is 40.0 Å². The predicted molar refractivity (Wildman–Crippen MR) is 107 cm³/mol. The van der Waals surface area contributed by atoms with Gasteiger partial charge < -0.3 is 24.1 Å². The lowest BCUT2D eigenvalue weighted by Gasteiger charge is -2.32. The second kappa shape index (κ2) is 9.91. The van der Waals surface area contributed by atoms with Crippen LogP contribution in [0, 0.1) is 13.8 Å². The smallest absolute Gasteiger partial charge is 0.161 e. The van der Waals surface area contributed by atoms with Gasteiger partial charge in [-0.3, -0.25) is 4.90 Å². The van der Waals surface area contributed by atoms with Crippen LogP contribution in [0.5, 0.6) is 11.5 Å². The Morgan fingerprint density at radius 2 is 2.00 bits per heavy atom. The molecule has 2 heterocycles. The summed E-state index contributed by atoms with van der Waals surface area (Å²) >= 11 is 0. The average Bonchev–Trinajstić information content (AvgIpc) is 3.05. The first kappa shape index (κ1) is 20.6. The van der Waals surface area contributed by atoms with Gasteiger partial charge >= 0.3 is 0 Å². The normalized spacial score (nSPS) is 16.1. The first-order valence-corrected chi connectivity index (χ1v) is 9.82. The molecule has 0 amide bonds. The molecule has 7 heteroatoms. The van der Waals surface area contributed by atoms with Crippen LogP contribution >= 0.6 is 0 Å². The Hall–Kier alpha value is -2.09. The summed E-state index contributed by atoms with van der Waals surface area (Å²) in [5.74, 6) is 2.23. The van der Waals surface area contributed by atoms with E-state index in [1.807, 2.05) is 26.0 Å². The second-order valence-corrected chi connectivity index (χ2v) is 7.20. The Labute approximate surface area is 166 Å². The molecule has 1 aromatic heterocycles. The van der Waals surface area contributed by atoms with Gasteiger partial charge in [-0.05, 0) is 38.5 Å². The molecule has 1 N–H and O–H groups in total. The van der Waals surface area contributed by atoms with Gasteiger partial charge in [-0.2, -0.15) is 0 Å². The van der Waals surface area contributed by atoms with Gasteiger partial charge in [0, 0.05) is 32.2 Å². The van der Waals surface area contributed by atoms with Crippen molar-refractivity contribution in [3.8, 4) is 11.5 Å². The highest BCUT2D eigenvalue weighted by Crippen LogP contribution is 2.29. The van der Waals surface area contributed by atoms with E-state index in [0.29, 0.717) is 18.4 Å². The fourth-order valence-electron chi connectivity index (χ4n) is 3.37. The number of benzene rings is 1. The molecule has 7 nitrogen and oxygen atoms in total. The van der Waals surface area contributed by atoms with Crippen LogP contribution in [0.2, 0.25) is 0 Å². The van der Waals surface area contributed by atoms with E-state index in [4.69, 9.17) is 18.7 Å². The maximum Gasteiger partial charge on any atom is 0.161 e. The lowest BCUT2D eigenvalue weighted by molar-refractivity contribution is 0.0203. The molecule has 1 saturated heterocycles. The first-order chi connectivity index (χ1) is 13.6. The third-order valence-corrected chi connectivity index (χ3v) is 5.22. The molecule has 0 spiro atoms. The van der Waals surface area contributed by atoms with E-state index in [1.54, 1.807) is 7.11 Å². The van der Waals surface area contributed by atoms with Crippen molar-refractivity contribution in [3.05, 3.63) is 40.8 Å². The van der Waals surface area contributed by atoms with Crippen LogP contribution in [-0.4, -0.2) is 56.1 Å². The third kappa shape index (κ3) is 5.25. The molecule has 1 atom stereocenters. The standard InChI is InChI=1S/C21H31N3O4/c1-15(24-7-9-26-10-8-24)12-22-13-18-5-6-20(21(11-18)25-4)27-14-19-16(2)23-28-17(19)3/h5-6,11,15,22H,7-10,12-14H2,1-4H3. The highest BCUT2D eigenvalue weighted by Gasteiger charge is 2.16. The summed E-state index contributed by atoms with van der Waals surface area (Å²) < 4.78 is 22.1. The summed E-state index contributed by atoms with van der Waals surface area (Å²) in [7, 11) is 1.66. The van der Waals surface area contributed by atoms with Gasteiger partial charge in [-0.25, -0.2) is 0 Å². The molecular weight excluding hydrogens is 358 g/mol. The lowest BCUT2D eigenvalue weighted by Crippen LogP contribution is -2.46. The molecule has 2 aromatic rings. The van der Waals surface area contributed by atoms with Crippen LogP contribution in [-0.2, 0) is 17.9 Å². The summed E-state index contributed by atoms with van der Waals surface area (Å²) in [6.07, 6.45) is 0. The molecule has 0 bridgehead atoms. The van der Waals surface area contributed by atoms with Crippen molar-refractivity contribution in [1.82, 2.24) is 15.4 Å². The van der Waals surface area contributed by atoms with Crippen molar-refractivity contribution in [2.75, 3.05) is 40.0 Å². The van der Waals surface area contributed by atoms with E-state index >= 15 is 0 Å². The van der Waals surface area contributed by atoms with E-state index in [-0.39, 0.29) is 0 Å². The largest absolute Gasteiger partial charge is 0.493 e.